The normalized spacial score (nSPS) is 10.6. The van der Waals surface area contributed by atoms with Gasteiger partial charge < -0.3 is 23.9 Å². The van der Waals surface area contributed by atoms with Crippen molar-refractivity contribution in [1.29, 1.82) is 0 Å². The lowest BCUT2D eigenvalue weighted by molar-refractivity contribution is -0.123. The summed E-state index contributed by atoms with van der Waals surface area (Å²) in [6.45, 7) is 2.15. The molecular weight excluding hydrogens is 374 g/mol. The van der Waals surface area contributed by atoms with Crippen LogP contribution in [0.15, 0.2) is 51.7 Å². The van der Waals surface area contributed by atoms with E-state index in [-0.39, 0.29) is 12.5 Å². The Bertz CT molecular complexity index is 1070. The molecule has 0 atom stereocenters. The van der Waals surface area contributed by atoms with Crippen LogP contribution >= 0.6 is 0 Å². The summed E-state index contributed by atoms with van der Waals surface area (Å²) in [6.07, 6.45) is 0.723. The number of nitrogens with one attached hydrogen (secondary N) is 1. The van der Waals surface area contributed by atoms with Gasteiger partial charge in [0.05, 0.1) is 14.2 Å². The second-order valence-electron chi connectivity index (χ2n) is 6.36. The number of hydrogen-bond donors (Lipinski definition) is 1. The second-order valence-corrected chi connectivity index (χ2v) is 6.36. The third-order valence-corrected chi connectivity index (χ3v) is 4.49. The van der Waals surface area contributed by atoms with Crippen LogP contribution in [0.2, 0.25) is 0 Å². The third-order valence-electron chi connectivity index (χ3n) is 4.49. The Morgan fingerprint density at radius 2 is 1.83 bits per heavy atom. The van der Waals surface area contributed by atoms with Crippen molar-refractivity contribution in [2.75, 3.05) is 20.8 Å². The van der Waals surface area contributed by atoms with Crippen LogP contribution in [0.3, 0.4) is 0 Å². The highest BCUT2D eigenvalue weighted by molar-refractivity contribution is 5.82. The van der Waals surface area contributed by atoms with E-state index < -0.39 is 5.63 Å². The minimum Gasteiger partial charge on any atom is -0.493 e. The summed E-state index contributed by atoms with van der Waals surface area (Å²) < 4.78 is 21.2. The van der Waals surface area contributed by atoms with Gasteiger partial charge in [-0.25, -0.2) is 4.79 Å². The van der Waals surface area contributed by atoms with Crippen molar-refractivity contribution < 1.29 is 23.4 Å². The molecule has 0 aliphatic heterocycles. The largest absolute Gasteiger partial charge is 0.493 e. The summed E-state index contributed by atoms with van der Waals surface area (Å²) in [7, 11) is 3.13. The maximum Gasteiger partial charge on any atom is 0.336 e. The Balaban J connectivity index is 1.60. The number of methoxy groups -OCH3 is 2. The van der Waals surface area contributed by atoms with Crippen LogP contribution in [-0.2, 0) is 17.8 Å². The molecule has 3 aromatic rings. The monoisotopic (exact) mass is 397 g/mol. The summed E-state index contributed by atoms with van der Waals surface area (Å²) >= 11 is 0. The number of rotatable bonds is 8. The van der Waals surface area contributed by atoms with E-state index in [1.165, 1.54) is 6.07 Å². The zero-order valence-electron chi connectivity index (χ0n) is 16.6. The van der Waals surface area contributed by atoms with Crippen molar-refractivity contribution in [2.24, 2.45) is 0 Å². The number of amides is 1. The van der Waals surface area contributed by atoms with Gasteiger partial charge in [0, 0.05) is 24.1 Å². The molecule has 0 saturated carbocycles. The molecule has 7 nitrogen and oxygen atoms in total. The molecule has 7 heteroatoms. The van der Waals surface area contributed by atoms with E-state index >= 15 is 0 Å². The molecule has 0 spiro atoms. The number of hydrogen-bond acceptors (Lipinski definition) is 6. The van der Waals surface area contributed by atoms with Crippen LogP contribution < -0.4 is 25.2 Å². The Morgan fingerprint density at radius 3 is 2.55 bits per heavy atom. The van der Waals surface area contributed by atoms with Gasteiger partial charge in [0.1, 0.15) is 11.3 Å². The quantitative estimate of drug-likeness (QED) is 0.588. The number of fused-ring (bicyclic) bond motifs is 1. The molecule has 29 heavy (non-hydrogen) atoms. The Labute approximate surface area is 168 Å². The highest BCUT2D eigenvalue weighted by Gasteiger charge is 2.09. The first-order chi connectivity index (χ1) is 14.0. The zero-order valence-corrected chi connectivity index (χ0v) is 16.6. The Morgan fingerprint density at radius 1 is 1.03 bits per heavy atom. The molecule has 2 aromatic carbocycles. The van der Waals surface area contributed by atoms with Crippen LogP contribution in [0.1, 0.15) is 18.1 Å². The van der Waals surface area contributed by atoms with Crippen molar-refractivity contribution in [3.63, 3.8) is 0 Å². The number of benzene rings is 2. The molecule has 1 heterocycles. The summed E-state index contributed by atoms with van der Waals surface area (Å²) in [5.41, 5.74) is 1.82. The Kier molecular flexibility index (Phi) is 6.39. The van der Waals surface area contributed by atoms with E-state index in [1.54, 1.807) is 38.5 Å². The number of ether oxygens (including phenoxy) is 3. The molecule has 1 aromatic heterocycles. The van der Waals surface area contributed by atoms with Gasteiger partial charge in [-0.15, -0.1) is 0 Å². The Hall–Kier alpha value is -3.48. The highest BCUT2D eigenvalue weighted by atomic mass is 16.5. The maximum atomic E-state index is 12.1. The first-order valence-electron chi connectivity index (χ1n) is 9.21. The number of carbonyl (C=O) groups is 1. The minimum atomic E-state index is -0.404. The van der Waals surface area contributed by atoms with Gasteiger partial charge in [-0.2, -0.15) is 0 Å². The molecule has 152 valence electrons. The summed E-state index contributed by atoms with van der Waals surface area (Å²) in [6, 6.07) is 12.1. The molecule has 1 N–H and O–H groups in total. The van der Waals surface area contributed by atoms with Crippen molar-refractivity contribution >= 4 is 16.9 Å². The van der Waals surface area contributed by atoms with Gasteiger partial charge in [0.15, 0.2) is 18.1 Å². The predicted octanol–water partition coefficient (Wildman–Crippen LogP) is 3.07. The van der Waals surface area contributed by atoms with E-state index in [9.17, 15) is 9.59 Å². The SMILES string of the molecule is CCc1cc(=O)oc2cc(OCC(=O)NCc3ccc(OC)c(OC)c3)ccc12. The smallest absolute Gasteiger partial charge is 0.336 e. The van der Waals surface area contributed by atoms with E-state index in [0.717, 1.165) is 22.9 Å². The molecule has 0 saturated heterocycles. The molecule has 0 unspecified atom stereocenters. The van der Waals surface area contributed by atoms with Crippen molar-refractivity contribution in [3.8, 4) is 17.2 Å². The zero-order chi connectivity index (χ0) is 20.8. The van der Waals surface area contributed by atoms with E-state index in [0.29, 0.717) is 29.4 Å². The standard InChI is InChI=1S/C22H23NO6/c1-4-15-10-22(25)29-19-11-16(6-7-17(15)19)28-13-21(24)23-12-14-5-8-18(26-2)20(9-14)27-3/h5-11H,4,12-13H2,1-3H3,(H,23,24). The average molecular weight is 397 g/mol. The molecule has 0 radical (unpaired) electrons. The lowest BCUT2D eigenvalue weighted by Crippen LogP contribution is -2.28. The van der Waals surface area contributed by atoms with Crippen molar-refractivity contribution in [2.45, 2.75) is 19.9 Å². The topological polar surface area (TPSA) is 87.0 Å². The summed E-state index contributed by atoms with van der Waals surface area (Å²) in [4.78, 5) is 23.8. The van der Waals surface area contributed by atoms with E-state index in [2.05, 4.69) is 5.32 Å². The van der Waals surface area contributed by atoms with Crippen molar-refractivity contribution in [1.82, 2.24) is 5.32 Å². The minimum absolute atomic E-state index is 0.156. The van der Waals surface area contributed by atoms with Gasteiger partial charge in [0.25, 0.3) is 5.91 Å². The maximum absolute atomic E-state index is 12.1. The van der Waals surface area contributed by atoms with Gasteiger partial charge in [-0.1, -0.05) is 13.0 Å². The molecular formula is C22H23NO6. The molecule has 1 amide bonds. The van der Waals surface area contributed by atoms with Gasteiger partial charge in [-0.3, -0.25) is 4.79 Å². The molecule has 0 aliphatic carbocycles. The van der Waals surface area contributed by atoms with E-state index in [4.69, 9.17) is 18.6 Å². The molecule has 0 bridgehead atoms. The third kappa shape index (κ3) is 4.87. The van der Waals surface area contributed by atoms with Gasteiger partial charge >= 0.3 is 5.63 Å². The number of carbonyl (C=O) groups excluding carboxylic acids is 1. The number of aryl methyl sites for hydroxylation is 1. The molecule has 0 fully saturated rings. The molecule has 3 rings (SSSR count). The first-order valence-corrected chi connectivity index (χ1v) is 9.21. The van der Waals surface area contributed by atoms with Crippen LogP contribution in [-0.4, -0.2) is 26.7 Å². The summed E-state index contributed by atoms with van der Waals surface area (Å²) in [5.74, 6) is 1.40. The van der Waals surface area contributed by atoms with Crippen LogP contribution in [0.4, 0.5) is 0 Å². The van der Waals surface area contributed by atoms with Crippen molar-refractivity contribution in [3.05, 3.63) is 64.0 Å². The highest BCUT2D eigenvalue weighted by Crippen LogP contribution is 2.27. The average Bonchev–Trinajstić information content (AvgIpc) is 2.74. The predicted molar refractivity (Wildman–Crippen MR) is 109 cm³/mol. The lowest BCUT2D eigenvalue weighted by Gasteiger charge is -2.11. The van der Waals surface area contributed by atoms with Crippen LogP contribution in [0.25, 0.3) is 11.0 Å². The fourth-order valence-electron chi connectivity index (χ4n) is 2.98. The van der Waals surface area contributed by atoms with E-state index in [1.807, 2.05) is 19.1 Å². The van der Waals surface area contributed by atoms with Crippen LogP contribution in [0, 0.1) is 0 Å². The van der Waals surface area contributed by atoms with Crippen LogP contribution in [0.5, 0.6) is 17.2 Å². The molecule has 0 aliphatic rings. The van der Waals surface area contributed by atoms with Gasteiger partial charge in [0.2, 0.25) is 0 Å². The fourth-order valence-corrected chi connectivity index (χ4v) is 2.98. The summed E-state index contributed by atoms with van der Waals surface area (Å²) in [5, 5.41) is 3.65. The lowest BCUT2D eigenvalue weighted by atomic mass is 10.1. The fraction of sp³-hybridized carbons (Fsp3) is 0.273. The second kappa shape index (κ2) is 9.14. The van der Waals surface area contributed by atoms with Gasteiger partial charge in [-0.05, 0) is 41.8 Å². The first kappa shape index (κ1) is 20.3.